The molecule has 6 heteroatoms. The minimum absolute atomic E-state index is 0.183. The van der Waals surface area contributed by atoms with Gasteiger partial charge >= 0.3 is 0 Å². The second-order valence-electron chi connectivity index (χ2n) is 4.08. The summed E-state index contributed by atoms with van der Waals surface area (Å²) in [7, 11) is -1.92. The van der Waals surface area contributed by atoms with Gasteiger partial charge in [-0.15, -0.1) is 22.9 Å². The second kappa shape index (κ2) is 6.05. The topological polar surface area (TPSA) is 37.4 Å². The average molecular weight is 316 g/mol. The summed E-state index contributed by atoms with van der Waals surface area (Å²) in [5.74, 6) is 0.183. The van der Waals surface area contributed by atoms with E-state index in [0.717, 1.165) is 4.88 Å². The van der Waals surface area contributed by atoms with Gasteiger partial charge in [0.1, 0.15) is 0 Å². The molecule has 0 fully saturated rings. The smallest absolute Gasteiger partial charge is 0.207 e. The summed E-state index contributed by atoms with van der Waals surface area (Å²) in [6, 6.07) is 10.7. The van der Waals surface area contributed by atoms with Crippen molar-refractivity contribution in [3.8, 4) is 0 Å². The van der Waals surface area contributed by atoms with Crippen LogP contribution in [0.2, 0.25) is 0 Å². The molecule has 0 aliphatic rings. The van der Waals surface area contributed by atoms with Crippen LogP contribution in [0.4, 0.5) is 0 Å². The van der Waals surface area contributed by atoms with Crippen LogP contribution in [0.5, 0.6) is 0 Å². The zero-order valence-corrected chi connectivity index (χ0v) is 12.8. The molecule has 1 heterocycles. The van der Waals surface area contributed by atoms with Gasteiger partial charge in [-0.2, -0.15) is 4.31 Å². The third-order valence-corrected chi connectivity index (χ3v) is 5.82. The predicted octanol–water partition coefficient (Wildman–Crippen LogP) is 3.31. The second-order valence-corrected chi connectivity index (χ2v) is 7.39. The van der Waals surface area contributed by atoms with Crippen LogP contribution in [0.1, 0.15) is 10.4 Å². The lowest BCUT2D eigenvalue weighted by Gasteiger charge is -2.18. The summed E-state index contributed by atoms with van der Waals surface area (Å²) in [5.41, 5.74) is 0.627. The van der Waals surface area contributed by atoms with Crippen LogP contribution in [0.15, 0.2) is 46.7 Å². The number of sulfonamides is 1. The van der Waals surface area contributed by atoms with E-state index in [1.807, 2.05) is 17.5 Å². The van der Waals surface area contributed by atoms with E-state index in [-0.39, 0.29) is 10.8 Å². The van der Waals surface area contributed by atoms with Gasteiger partial charge in [-0.25, -0.2) is 8.42 Å². The van der Waals surface area contributed by atoms with Crippen molar-refractivity contribution in [2.24, 2.45) is 0 Å². The van der Waals surface area contributed by atoms with Crippen molar-refractivity contribution < 1.29 is 8.42 Å². The first kappa shape index (κ1) is 14.5. The van der Waals surface area contributed by atoms with Crippen LogP contribution >= 0.6 is 22.9 Å². The van der Waals surface area contributed by atoms with E-state index in [2.05, 4.69) is 0 Å². The van der Waals surface area contributed by atoms with Crippen LogP contribution in [0.3, 0.4) is 0 Å². The van der Waals surface area contributed by atoms with Gasteiger partial charge in [0.05, 0.1) is 4.90 Å². The summed E-state index contributed by atoms with van der Waals surface area (Å²) in [6.07, 6.45) is 0. The Kier molecular flexibility index (Phi) is 4.62. The molecule has 0 radical (unpaired) electrons. The van der Waals surface area contributed by atoms with E-state index in [0.29, 0.717) is 12.1 Å². The maximum absolute atomic E-state index is 12.5. The number of benzene rings is 1. The molecule has 0 saturated heterocycles. The van der Waals surface area contributed by atoms with Gasteiger partial charge in [0.15, 0.2) is 0 Å². The molecule has 3 nitrogen and oxygen atoms in total. The molecule has 19 heavy (non-hydrogen) atoms. The van der Waals surface area contributed by atoms with Gasteiger partial charge in [0.25, 0.3) is 0 Å². The molecule has 0 aliphatic heterocycles. The first-order valence-electron chi connectivity index (χ1n) is 5.68. The average Bonchev–Trinajstić information content (AvgIpc) is 2.91. The summed E-state index contributed by atoms with van der Waals surface area (Å²) in [6.45, 7) is 0.372. The standard InChI is InChI=1S/C13H14ClNO2S2/c1-15(10-12-6-4-8-18-12)19(16,17)13-7-3-2-5-11(13)9-14/h2-8H,9-10H2,1H3. The summed E-state index contributed by atoms with van der Waals surface area (Å²) in [5, 5.41) is 1.93. The number of alkyl halides is 1. The third-order valence-electron chi connectivity index (χ3n) is 2.76. The van der Waals surface area contributed by atoms with Gasteiger partial charge in [0, 0.05) is 24.3 Å². The van der Waals surface area contributed by atoms with Crippen molar-refractivity contribution in [3.63, 3.8) is 0 Å². The normalized spacial score (nSPS) is 11.9. The lowest BCUT2D eigenvalue weighted by atomic mass is 10.2. The van der Waals surface area contributed by atoms with E-state index in [9.17, 15) is 8.42 Å². The van der Waals surface area contributed by atoms with Crippen LogP contribution in [0.25, 0.3) is 0 Å². The number of nitrogens with zero attached hydrogens (tertiary/aromatic N) is 1. The number of halogens is 1. The number of hydrogen-bond donors (Lipinski definition) is 0. The minimum atomic E-state index is -3.50. The van der Waals surface area contributed by atoms with Gasteiger partial charge in [-0.1, -0.05) is 24.3 Å². The molecule has 0 N–H and O–H groups in total. The zero-order chi connectivity index (χ0) is 13.9. The van der Waals surface area contributed by atoms with Crippen molar-refractivity contribution in [3.05, 3.63) is 52.2 Å². The fourth-order valence-electron chi connectivity index (χ4n) is 1.74. The van der Waals surface area contributed by atoms with Crippen molar-refractivity contribution >= 4 is 33.0 Å². The molecule has 0 spiro atoms. The van der Waals surface area contributed by atoms with E-state index < -0.39 is 10.0 Å². The number of thiophene rings is 1. The Morgan fingerprint density at radius 1 is 1.21 bits per heavy atom. The third kappa shape index (κ3) is 3.17. The summed E-state index contributed by atoms with van der Waals surface area (Å²) >= 11 is 7.34. The Morgan fingerprint density at radius 2 is 1.95 bits per heavy atom. The molecular weight excluding hydrogens is 302 g/mol. The lowest BCUT2D eigenvalue weighted by Crippen LogP contribution is -2.26. The van der Waals surface area contributed by atoms with Crippen LogP contribution in [0, 0.1) is 0 Å². The quantitative estimate of drug-likeness (QED) is 0.794. The number of hydrogen-bond acceptors (Lipinski definition) is 3. The largest absolute Gasteiger partial charge is 0.243 e. The van der Waals surface area contributed by atoms with Crippen molar-refractivity contribution in [2.75, 3.05) is 7.05 Å². The van der Waals surface area contributed by atoms with Gasteiger partial charge < -0.3 is 0 Å². The Bertz CT molecular complexity index is 638. The Hall–Kier alpha value is -0.880. The van der Waals surface area contributed by atoms with Gasteiger partial charge in [-0.3, -0.25) is 0 Å². The van der Waals surface area contributed by atoms with Crippen LogP contribution in [-0.2, 0) is 22.4 Å². The lowest BCUT2D eigenvalue weighted by molar-refractivity contribution is 0.469. The monoisotopic (exact) mass is 315 g/mol. The fourth-order valence-corrected chi connectivity index (χ4v) is 4.26. The van der Waals surface area contributed by atoms with Gasteiger partial charge in [-0.05, 0) is 23.1 Å². The van der Waals surface area contributed by atoms with Crippen molar-refractivity contribution in [1.29, 1.82) is 0 Å². The molecule has 1 aromatic carbocycles. The highest BCUT2D eigenvalue weighted by Gasteiger charge is 2.23. The molecule has 2 rings (SSSR count). The first-order valence-corrected chi connectivity index (χ1v) is 8.53. The molecule has 102 valence electrons. The zero-order valence-electron chi connectivity index (χ0n) is 10.4. The first-order chi connectivity index (χ1) is 9.05. The summed E-state index contributed by atoms with van der Waals surface area (Å²) in [4.78, 5) is 1.29. The van der Waals surface area contributed by atoms with E-state index in [4.69, 9.17) is 11.6 Å². The highest BCUT2D eigenvalue weighted by molar-refractivity contribution is 7.89. The fraction of sp³-hybridized carbons (Fsp3) is 0.231. The molecule has 2 aromatic rings. The molecule has 0 amide bonds. The maximum atomic E-state index is 12.5. The highest BCUT2D eigenvalue weighted by atomic mass is 35.5. The Morgan fingerprint density at radius 3 is 2.58 bits per heavy atom. The highest BCUT2D eigenvalue weighted by Crippen LogP contribution is 2.23. The van der Waals surface area contributed by atoms with Crippen molar-refractivity contribution in [2.45, 2.75) is 17.3 Å². The van der Waals surface area contributed by atoms with E-state index in [1.54, 1.807) is 42.6 Å². The molecule has 0 saturated carbocycles. The van der Waals surface area contributed by atoms with E-state index >= 15 is 0 Å². The Labute approximate surface area is 122 Å². The Balaban J connectivity index is 2.31. The van der Waals surface area contributed by atoms with Crippen LogP contribution < -0.4 is 0 Å². The molecule has 1 aromatic heterocycles. The molecule has 0 bridgehead atoms. The molecule has 0 aliphatic carbocycles. The van der Waals surface area contributed by atoms with Crippen molar-refractivity contribution in [1.82, 2.24) is 4.31 Å². The summed E-state index contributed by atoms with van der Waals surface area (Å²) < 4.78 is 26.4. The minimum Gasteiger partial charge on any atom is -0.207 e. The predicted molar refractivity (Wildman–Crippen MR) is 79.0 cm³/mol. The number of rotatable bonds is 5. The van der Waals surface area contributed by atoms with Gasteiger partial charge in [0.2, 0.25) is 10.0 Å². The molecular formula is C13H14ClNO2S2. The van der Waals surface area contributed by atoms with Crippen LogP contribution in [-0.4, -0.2) is 19.8 Å². The SMILES string of the molecule is CN(Cc1cccs1)S(=O)(=O)c1ccccc1CCl. The maximum Gasteiger partial charge on any atom is 0.243 e. The molecule has 0 unspecified atom stereocenters. The molecule has 0 atom stereocenters. The van der Waals surface area contributed by atoms with E-state index in [1.165, 1.54) is 4.31 Å².